The van der Waals surface area contributed by atoms with E-state index in [0.29, 0.717) is 11.3 Å². The van der Waals surface area contributed by atoms with Gasteiger partial charge in [0.25, 0.3) is 0 Å². The Balaban J connectivity index is 2.73. The smallest absolute Gasteiger partial charge is 0.212 e. The van der Waals surface area contributed by atoms with E-state index in [1.807, 2.05) is 20.8 Å². The summed E-state index contributed by atoms with van der Waals surface area (Å²) in [6.07, 6.45) is 0. The summed E-state index contributed by atoms with van der Waals surface area (Å²) in [4.78, 5) is 0. The predicted octanol–water partition coefficient (Wildman–Crippen LogP) is 1.44. The molecular formula is C12H20N2O3S. The van der Waals surface area contributed by atoms with Gasteiger partial charge in [0.1, 0.15) is 5.75 Å². The van der Waals surface area contributed by atoms with Gasteiger partial charge in [-0.1, -0.05) is 20.8 Å². The molecule has 0 amide bonds. The number of phenolic OH excluding ortho intramolecular Hbond substituents is 1. The first-order valence-corrected chi connectivity index (χ1v) is 7.29. The number of aromatic hydroxyl groups is 1. The number of nitrogens with one attached hydrogen (secondary N) is 1. The van der Waals surface area contributed by atoms with Crippen LogP contribution < -0.4 is 10.5 Å². The van der Waals surface area contributed by atoms with Gasteiger partial charge in [-0.25, -0.2) is 13.1 Å². The lowest BCUT2D eigenvalue weighted by molar-refractivity contribution is 0.456. The molecule has 102 valence electrons. The number of nitrogen functional groups attached to an aromatic ring is 1. The van der Waals surface area contributed by atoms with E-state index in [-0.39, 0.29) is 23.5 Å². The largest absolute Gasteiger partial charge is 0.508 e. The van der Waals surface area contributed by atoms with Gasteiger partial charge in [0.15, 0.2) is 0 Å². The molecule has 1 aromatic rings. The van der Waals surface area contributed by atoms with Crippen molar-refractivity contribution in [1.29, 1.82) is 0 Å². The van der Waals surface area contributed by atoms with Gasteiger partial charge in [0.05, 0.1) is 5.75 Å². The lowest BCUT2D eigenvalue weighted by atomic mass is 10.0. The molecule has 4 N–H and O–H groups in total. The fourth-order valence-electron chi connectivity index (χ4n) is 1.56. The number of phenols is 1. The lowest BCUT2D eigenvalue weighted by Gasteiger charge is -2.18. The second kappa shape index (κ2) is 5.16. The van der Waals surface area contributed by atoms with Crippen molar-refractivity contribution in [2.45, 2.75) is 27.3 Å². The highest BCUT2D eigenvalue weighted by Gasteiger charge is 2.21. The molecule has 6 heteroatoms. The standard InChI is InChI=1S/C12H20N2O3S/c1-12(2,3)8-18(16,17)14-7-9-6-10(13)4-5-11(9)15/h4-6,14-15H,7-8,13H2,1-3H3. The van der Waals surface area contributed by atoms with Gasteiger partial charge in [0.2, 0.25) is 10.0 Å². The zero-order chi connectivity index (χ0) is 14.0. The number of anilines is 1. The van der Waals surface area contributed by atoms with Gasteiger partial charge >= 0.3 is 0 Å². The van der Waals surface area contributed by atoms with E-state index in [1.54, 1.807) is 12.1 Å². The van der Waals surface area contributed by atoms with Gasteiger partial charge in [-0.3, -0.25) is 0 Å². The third-order valence-electron chi connectivity index (χ3n) is 2.21. The van der Waals surface area contributed by atoms with Crippen molar-refractivity contribution in [2.75, 3.05) is 11.5 Å². The molecular weight excluding hydrogens is 252 g/mol. The van der Waals surface area contributed by atoms with Gasteiger partial charge in [0, 0.05) is 17.8 Å². The Labute approximate surface area is 108 Å². The topological polar surface area (TPSA) is 92.4 Å². The number of hydrogen-bond donors (Lipinski definition) is 3. The van der Waals surface area contributed by atoms with E-state index in [2.05, 4.69) is 4.72 Å². The Kier molecular flexibility index (Phi) is 4.24. The maximum Gasteiger partial charge on any atom is 0.212 e. The number of rotatable bonds is 4. The zero-order valence-corrected chi connectivity index (χ0v) is 11.7. The van der Waals surface area contributed by atoms with Crippen LogP contribution >= 0.6 is 0 Å². The van der Waals surface area contributed by atoms with Gasteiger partial charge in [-0.2, -0.15) is 0 Å². The molecule has 0 bridgehead atoms. The highest BCUT2D eigenvalue weighted by Crippen LogP contribution is 2.20. The van der Waals surface area contributed by atoms with Crippen LogP contribution in [0, 0.1) is 5.41 Å². The van der Waals surface area contributed by atoms with Crippen molar-refractivity contribution in [2.24, 2.45) is 5.41 Å². The second-order valence-electron chi connectivity index (χ2n) is 5.53. The van der Waals surface area contributed by atoms with E-state index in [9.17, 15) is 13.5 Å². The minimum atomic E-state index is -3.37. The Morgan fingerprint density at radius 1 is 1.33 bits per heavy atom. The van der Waals surface area contributed by atoms with Crippen molar-refractivity contribution in [3.05, 3.63) is 23.8 Å². The molecule has 0 radical (unpaired) electrons. The summed E-state index contributed by atoms with van der Waals surface area (Å²) in [6, 6.07) is 4.56. The fourth-order valence-corrected chi connectivity index (χ4v) is 3.17. The number of sulfonamides is 1. The van der Waals surface area contributed by atoms with E-state index < -0.39 is 10.0 Å². The molecule has 0 aromatic heterocycles. The molecule has 1 aromatic carbocycles. The average Bonchev–Trinajstić information content (AvgIpc) is 2.16. The normalized spacial score (nSPS) is 12.6. The monoisotopic (exact) mass is 272 g/mol. The maximum atomic E-state index is 11.8. The quantitative estimate of drug-likeness (QED) is 0.571. The van der Waals surface area contributed by atoms with E-state index in [1.165, 1.54) is 6.07 Å². The van der Waals surface area contributed by atoms with Crippen molar-refractivity contribution < 1.29 is 13.5 Å². The van der Waals surface area contributed by atoms with Crippen molar-refractivity contribution in [3.63, 3.8) is 0 Å². The third-order valence-corrected chi connectivity index (χ3v) is 4.04. The molecule has 0 aliphatic carbocycles. The first-order valence-electron chi connectivity index (χ1n) is 5.64. The predicted molar refractivity (Wildman–Crippen MR) is 72.6 cm³/mol. The summed E-state index contributed by atoms with van der Waals surface area (Å²) in [5.74, 6) is 0.0611. The summed E-state index contributed by atoms with van der Waals surface area (Å²) in [6.45, 7) is 5.59. The minimum absolute atomic E-state index is 0.0302. The average molecular weight is 272 g/mol. The molecule has 5 nitrogen and oxygen atoms in total. The fraction of sp³-hybridized carbons (Fsp3) is 0.500. The molecule has 0 atom stereocenters. The molecule has 0 aliphatic heterocycles. The summed E-state index contributed by atoms with van der Waals surface area (Å²) >= 11 is 0. The van der Waals surface area contributed by atoms with Crippen LogP contribution in [-0.4, -0.2) is 19.3 Å². The first-order chi connectivity index (χ1) is 8.09. The molecule has 0 spiro atoms. The second-order valence-corrected chi connectivity index (χ2v) is 7.34. The molecule has 0 heterocycles. The van der Waals surface area contributed by atoms with Crippen molar-refractivity contribution in [1.82, 2.24) is 4.72 Å². The molecule has 1 rings (SSSR count). The van der Waals surface area contributed by atoms with Crippen molar-refractivity contribution >= 4 is 15.7 Å². The molecule has 0 saturated heterocycles. The Morgan fingerprint density at radius 2 is 1.94 bits per heavy atom. The summed E-state index contributed by atoms with van der Waals surface area (Å²) < 4.78 is 26.0. The molecule has 18 heavy (non-hydrogen) atoms. The van der Waals surface area contributed by atoms with Gasteiger partial charge < -0.3 is 10.8 Å². The number of benzene rings is 1. The number of hydrogen-bond acceptors (Lipinski definition) is 4. The minimum Gasteiger partial charge on any atom is -0.508 e. The Hall–Kier alpha value is -1.27. The summed E-state index contributed by atoms with van der Waals surface area (Å²) in [5, 5.41) is 9.57. The van der Waals surface area contributed by atoms with Crippen LogP contribution in [-0.2, 0) is 16.6 Å². The highest BCUT2D eigenvalue weighted by atomic mass is 32.2. The van der Waals surface area contributed by atoms with E-state index >= 15 is 0 Å². The molecule has 0 unspecified atom stereocenters. The van der Waals surface area contributed by atoms with Crippen LogP contribution in [0.1, 0.15) is 26.3 Å². The van der Waals surface area contributed by atoms with Crippen LogP contribution in [0.5, 0.6) is 5.75 Å². The molecule has 0 fully saturated rings. The van der Waals surface area contributed by atoms with Crippen LogP contribution in [0.3, 0.4) is 0 Å². The van der Waals surface area contributed by atoms with Gasteiger partial charge in [-0.15, -0.1) is 0 Å². The maximum absolute atomic E-state index is 11.8. The Morgan fingerprint density at radius 3 is 2.50 bits per heavy atom. The van der Waals surface area contributed by atoms with E-state index in [4.69, 9.17) is 5.73 Å². The van der Waals surface area contributed by atoms with Gasteiger partial charge in [-0.05, 0) is 23.6 Å². The zero-order valence-electron chi connectivity index (χ0n) is 10.9. The van der Waals surface area contributed by atoms with E-state index in [0.717, 1.165) is 0 Å². The lowest BCUT2D eigenvalue weighted by Crippen LogP contribution is -2.32. The summed E-state index contributed by atoms with van der Waals surface area (Å²) in [5.41, 5.74) is 6.21. The summed E-state index contributed by atoms with van der Waals surface area (Å²) in [7, 11) is -3.37. The van der Waals surface area contributed by atoms with Crippen LogP contribution in [0.25, 0.3) is 0 Å². The SMILES string of the molecule is CC(C)(C)CS(=O)(=O)NCc1cc(N)ccc1O. The van der Waals surface area contributed by atoms with Crippen LogP contribution in [0.15, 0.2) is 18.2 Å². The Bertz CT molecular complexity index is 519. The number of nitrogens with two attached hydrogens (primary N) is 1. The first kappa shape index (κ1) is 14.8. The van der Waals surface area contributed by atoms with Crippen LogP contribution in [0.4, 0.5) is 5.69 Å². The highest BCUT2D eigenvalue weighted by molar-refractivity contribution is 7.89. The third kappa shape index (κ3) is 4.93. The van der Waals surface area contributed by atoms with Crippen molar-refractivity contribution in [3.8, 4) is 5.75 Å². The van der Waals surface area contributed by atoms with Crippen LogP contribution in [0.2, 0.25) is 0 Å². The molecule has 0 saturated carbocycles. The molecule has 0 aliphatic rings.